The highest BCUT2D eigenvalue weighted by Gasteiger charge is 2.16. The van der Waals surface area contributed by atoms with Crippen molar-refractivity contribution in [1.29, 1.82) is 0 Å². The Morgan fingerprint density at radius 3 is 1.71 bits per heavy atom. The molecule has 4 aromatic rings. The van der Waals surface area contributed by atoms with Crippen molar-refractivity contribution < 1.29 is 14.3 Å². The van der Waals surface area contributed by atoms with Gasteiger partial charge in [0, 0.05) is 50.8 Å². The molecule has 0 saturated carbocycles. The fourth-order valence-electron chi connectivity index (χ4n) is 2.60. The first-order valence-corrected chi connectivity index (χ1v) is 10.4. The van der Waals surface area contributed by atoms with Crippen molar-refractivity contribution in [2.24, 2.45) is 19.8 Å². The van der Waals surface area contributed by atoms with Gasteiger partial charge in [0.1, 0.15) is 0 Å². The number of anilines is 4. The lowest BCUT2D eigenvalue weighted by Crippen LogP contribution is -2.16. The van der Waals surface area contributed by atoms with Crippen molar-refractivity contribution in [3.63, 3.8) is 0 Å². The molecule has 0 fully saturated rings. The van der Waals surface area contributed by atoms with E-state index in [1.54, 1.807) is 48.0 Å². The van der Waals surface area contributed by atoms with Gasteiger partial charge in [-0.2, -0.15) is 10.2 Å². The van der Waals surface area contributed by atoms with Crippen molar-refractivity contribution >= 4 is 58.1 Å². The van der Waals surface area contributed by atoms with Gasteiger partial charge < -0.3 is 21.1 Å². The monoisotopic (exact) mass is 519 g/mol. The molecule has 4 aromatic heterocycles. The largest absolute Gasteiger partial charge is 0.464 e. The highest BCUT2D eigenvalue weighted by Crippen LogP contribution is 2.21. The predicted octanol–water partition coefficient (Wildman–Crippen LogP) is 2.10. The highest BCUT2D eigenvalue weighted by molar-refractivity contribution is 6.30. The number of rotatable bonds is 6. The Labute approximate surface area is 208 Å². The number of halogens is 2. The van der Waals surface area contributed by atoms with E-state index < -0.39 is 11.9 Å². The molecule has 16 heteroatoms. The van der Waals surface area contributed by atoms with Crippen LogP contribution < -0.4 is 16.4 Å². The zero-order chi connectivity index (χ0) is 25.5. The zero-order valence-corrected chi connectivity index (χ0v) is 20.1. The number of methoxy groups -OCH3 is 1. The first kappa shape index (κ1) is 25.3. The van der Waals surface area contributed by atoms with E-state index in [2.05, 4.69) is 46.0 Å². The smallest absolute Gasteiger partial charge is 0.360 e. The second kappa shape index (κ2) is 11.2. The number of esters is 1. The predicted molar refractivity (Wildman–Crippen MR) is 127 cm³/mol. The summed E-state index contributed by atoms with van der Waals surface area (Å²) >= 11 is 11.4. The SMILES string of the molecule is COC(=O)c1nnc(Cl)cc1Nc1ccn(C)n1.Cn1ccc(Nc2cc(Cl)nnc2C(N)=O)n1. The van der Waals surface area contributed by atoms with E-state index in [4.69, 9.17) is 28.9 Å². The van der Waals surface area contributed by atoms with Crippen LogP contribution in [0.2, 0.25) is 10.3 Å². The maximum absolute atomic E-state index is 11.5. The molecule has 0 saturated heterocycles. The van der Waals surface area contributed by atoms with Crippen LogP contribution in [0.3, 0.4) is 0 Å². The molecule has 4 heterocycles. The molecule has 0 aliphatic rings. The maximum atomic E-state index is 11.5. The molecular formula is C19H19Cl2N11O3. The summed E-state index contributed by atoms with van der Waals surface area (Å²) in [6.07, 6.45) is 3.51. The minimum atomic E-state index is -0.687. The molecule has 14 nitrogen and oxygen atoms in total. The van der Waals surface area contributed by atoms with Crippen molar-refractivity contribution in [2.75, 3.05) is 17.7 Å². The second-order valence-corrected chi connectivity index (χ2v) is 7.49. The van der Waals surface area contributed by atoms with Crippen molar-refractivity contribution in [3.8, 4) is 0 Å². The first-order valence-electron chi connectivity index (χ1n) is 9.64. The number of nitrogens with zero attached hydrogens (tertiary/aromatic N) is 8. The fraction of sp³-hybridized carbons (Fsp3) is 0.158. The summed E-state index contributed by atoms with van der Waals surface area (Å²) < 4.78 is 7.84. The number of hydrogen-bond acceptors (Lipinski definition) is 11. The number of carbonyl (C=O) groups is 2. The average molecular weight is 520 g/mol. The Kier molecular flexibility index (Phi) is 8.12. The van der Waals surface area contributed by atoms with E-state index in [9.17, 15) is 9.59 Å². The Balaban J connectivity index is 0.000000196. The van der Waals surface area contributed by atoms with Crippen LogP contribution in [-0.2, 0) is 18.8 Å². The molecule has 182 valence electrons. The minimum absolute atomic E-state index is 0.0139. The highest BCUT2D eigenvalue weighted by atomic mass is 35.5. The van der Waals surface area contributed by atoms with Gasteiger partial charge in [0.05, 0.1) is 18.5 Å². The Morgan fingerprint density at radius 2 is 1.31 bits per heavy atom. The Morgan fingerprint density at radius 1 is 0.857 bits per heavy atom. The summed E-state index contributed by atoms with van der Waals surface area (Å²) in [4.78, 5) is 22.6. The molecule has 0 aliphatic heterocycles. The molecule has 0 bridgehead atoms. The number of nitrogens with two attached hydrogens (primary N) is 1. The van der Waals surface area contributed by atoms with Crippen molar-refractivity contribution in [2.45, 2.75) is 0 Å². The average Bonchev–Trinajstić information content (AvgIpc) is 3.41. The number of aromatic nitrogens is 8. The molecule has 35 heavy (non-hydrogen) atoms. The number of amides is 1. The van der Waals surface area contributed by atoms with Crippen LogP contribution in [-0.4, -0.2) is 58.9 Å². The summed E-state index contributed by atoms with van der Waals surface area (Å²) in [5.74, 6) is -0.170. The normalized spacial score (nSPS) is 10.2. The maximum Gasteiger partial charge on any atom is 0.360 e. The van der Waals surface area contributed by atoms with Gasteiger partial charge in [-0.3, -0.25) is 14.2 Å². The Hall–Kier alpha value is -4.30. The van der Waals surface area contributed by atoms with Crippen LogP contribution >= 0.6 is 23.2 Å². The van der Waals surface area contributed by atoms with Crippen LogP contribution in [0.4, 0.5) is 23.0 Å². The van der Waals surface area contributed by atoms with E-state index in [1.807, 2.05) is 0 Å². The standard InChI is InChI=1S/C10H10ClN5O2.C9H9ClN6O/c1-16-4-3-8(15-16)12-6-5-7(11)13-14-9(6)10(17)18-2;1-16-3-2-7(15-16)12-5-4-6(10)13-14-8(5)9(11)17/h3-5H,1-2H3,(H,12,13,15);2-4H,1H3,(H2,11,17)(H,12,13,15). The third-order valence-electron chi connectivity index (χ3n) is 4.09. The van der Waals surface area contributed by atoms with Gasteiger partial charge in [-0.05, 0) is 0 Å². The number of ether oxygens (including phenoxy) is 1. The lowest BCUT2D eigenvalue weighted by Gasteiger charge is -2.07. The molecule has 0 aliphatic carbocycles. The first-order chi connectivity index (χ1) is 16.7. The Bertz CT molecular complexity index is 1360. The van der Waals surface area contributed by atoms with Crippen LogP contribution in [0.1, 0.15) is 21.0 Å². The van der Waals surface area contributed by atoms with Gasteiger partial charge in [-0.15, -0.1) is 20.4 Å². The minimum Gasteiger partial charge on any atom is -0.464 e. The van der Waals surface area contributed by atoms with E-state index in [0.717, 1.165) is 0 Å². The number of nitrogens with one attached hydrogen (secondary N) is 2. The van der Waals surface area contributed by atoms with E-state index in [0.29, 0.717) is 23.0 Å². The summed E-state index contributed by atoms with van der Waals surface area (Å²) in [5.41, 5.74) is 6.00. The van der Waals surface area contributed by atoms with E-state index in [1.165, 1.54) is 19.2 Å². The van der Waals surface area contributed by atoms with Gasteiger partial charge in [-0.1, -0.05) is 23.2 Å². The number of aryl methyl sites for hydroxylation is 2. The lowest BCUT2D eigenvalue weighted by molar-refractivity contribution is 0.0594. The topological polar surface area (TPSA) is 181 Å². The molecule has 4 N–H and O–H groups in total. The molecule has 1 amide bonds. The van der Waals surface area contributed by atoms with Gasteiger partial charge in [0.2, 0.25) is 0 Å². The number of carbonyl (C=O) groups excluding carboxylic acids is 2. The van der Waals surface area contributed by atoms with Crippen LogP contribution in [0.5, 0.6) is 0 Å². The molecule has 0 spiro atoms. The molecule has 0 aromatic carbocycles. The van der Waals surface area contributed by atoms with Crippen molar-refractivity contribution in [1.82, 2.24) is 40.0 Å². The lowest BCUT2D eigenvalue weighted by atomic mass is 10.3. The molecule has 0 radical (unpaired) electrons. The molecule has 0 atom stereocenters. The summed E-state index contributed by atoms with van der Waals surface area (Å²) in [5, 5.41) is 28.9. The quantitative estimate of drug-likeness (QED) is 0.317. The third-order valence-corrected chi connectivity index (χ3v) is 4.46. The summed E-state index contributed by atoms with van der Waals surface area (Å²) in [6.45, 7) is 0. The van der Waals surface area contributed by atoms with E-state index >= 15 is 0 Å². The van der Waals surface area contributed by atoms with Crippen molar-refractivity contribution in [3.05, 3.63) is 58.4 Å². The van der Waals surface area contributed by atoms with Gasteiger partial charge in [-0.25, -0.2) is 4.79 Å². The molecule has 4 rings (SSSR count). The zero-order valence-electron chi connectivity index (χ0n) is 18.6. The van der Waals surface area contributed by atoms with Gasteiger partial charge in [0.15, 0.2) is 33.3 Å². The summed E-state index contributed by atoms with van der Waals surface area (Å²) in [7, 11) is 4.82. The van der Waals surface area contributed by atoms with E-state index in [-0.39, 0.29) is 21.7 Å². The summed E-state index contributed by atoms with van der Waals surface area (Å²) in [6, 6.07) is 6.42. The van der Waals surface area contributed by atoms with Crippen LogP contribution in [0.25, 0.3) is 0 Å². The number of primary amides is 1. The molecular weight excluding hydrogens is 501 g/mol. The van der Waals surface area contributed by atoms with Gasteiger partial charge >= 0.3 is 5.97 Å². The number of hydrogen-bond donors (Lipinski definition) is 3. The van der Waals surface area contributed by atoms with Gasteiger partial charge in [0.25, 0.3) is 5.91 Å². The third kappa shape index (κ3) is 6.84. The van der Waals surface area contributed by atoms with Crippen LogP contribution in [0.15, 0.2) is 36.7 Å². The van der Waals surface area contributed by atoms with Crippen LogP contribution in [0, 0.1) is 0 Å². The second-order valence-electron chi connectivity index (χ2n) is 6.71. The fourth-order valence-corrected chi connectivity index (χ4v) is 2.89. The molecule has 0 unspecified atom stereocenters.